The van der Waals surface area contributed by atoms with Crippen LogP contribution < -0.4 is 10.9 Å². The van der Waals surface area contributed by atoms with Gasteiger partial charge in [0, 0.05) is 11.6 Å². The Kier molecular flexibility index (Phi) is 4.93. The van der Waals surface area contributed by atoms with E-state index in [0.29, 0.717) is 23.6 Å². The van der Waals surface area contributed by atoms with Crippen molar-refractivity contribution in [2.24, 2.45) is 0 Å². The average Bonchev–Trinajstić information content (AvgIpc) is 2.71. The van der Waals surface area contributed by atoms with Crippen LogP contribution in [0.1, 0.15) is 17.7 Å². The second kappa shape index (κ2) is 7.68. The molecule has 2 heterocycles. The van der Waals surface area contributed by atoms with Gasteiger partial charge in [0.2, 0.25) is 0 Å². The van der Waals surface area contributed by atoms with Crippen LogP contribution in [-0.4, -0.2) is 26.7 Å². The minimum atomic E-state index is -1.07. The number of carboxylic acid groups (broad SMARTS) is 1. The van der Waals surface area contributed by atoms with Crippen LogP contribution in [0.5, 0.6) is 0 Å². The van der Waals surface area contributed by atoms with Crippen LogP contribution in [0, 0.1) is 0 Å². The maximum absolute atomic E-state index is 13.1. The van der Waals surface area contributed by atoms with Crippen molar-refractivity contribution < 1.29 is 9.90 Å². The van der Waals surface area contributed by atoms with E-state index in [2.05, 4.69) is 22.4 Å². The van der Waals surface area contributed by atoms with Crippen LogP contribution in [-0.2, 0) is 24.2 Å². The molecule has 6 nitrogen and oxygen atoms in total. The fraction of sp³-hybridized carbons (Fsp3) is 0.227. The van der Waals surface area contributed by atoms with Crippen molar-refractivity contribution in [2.45, 2.75) is 31.8 Å². The minimum absolute atomic E-state index is 0.116. The predicted octanol–water partition coefficient (Wildman–Crippen LogP) is 2.96. The summed E-state index contributed by atoms with van der Waals surface area (Å²) in [5.41, 5.74) is 2.73. The number of nitrogens with zero attached hydrogens (tertiary/aromatic N) is 2. The van der Waals surface area contributed by atoms with Crippen LogP contribution in [0.15, 0.2) is 65.5 Å². The molecule has 28 heavy (non-hydrogen) atoms. The second-order valence-corrected chi connectivity index (χ2v) is 6.98. The Labute approximate surface area is 162 Å². The molecule has 0 saturated heterocycles. The number of aliphatic carboxylic acids is 1. The molecular formula is C22H21N3O3. The van der Waals surface area contributed by atoms with Crippen molar-refractivity contribution in [2.75, 3.05) is 5.32 Å². The Morgan fingerprint density at radius 1 is 1.11 bits per heavy atom. The summed E-state index contributed by atoms with van der Waals surface area (Å²) in [5, 5.41) is 12.6. The zero-order valence-corrected chi connectivity index (χ0v) is 15.3. The second-order valence-electron chi connectivity index (χ2n) is 6.98. The summed E-state index contributed by atoms with van der Waals surface area (Å²) >= 11 is 0. The summed E-state index contributed by atoms with van der Waals surface area (Å²) in [7, 11) is 0. The quantitative estimate of drug-likeness (QED) is 0.716. The normalized spacial score (nSPS) is 15.5. The molecule has 2 aromatic carbocycles. The van der Waals surface area contributed by atoms with E-state index in [-0.39, 0.29) is 11.6 Å². The third kappa shape index (κ3) is 3.67. The number of carbonyl (C=O) groups is 1. The third-order valence-corrected chi connectivity index (χ3v) is 4.97. The molecule has 1 unspecified atom stereocenters. The number of hydrogen-bond acceptors (Lipinski definition) is 4. The van der Waals surface area contributed by atoms with Gasteiger partial charge in [-0.2, -0.15) is 0 Å². The molecule has 3 aromatic rings. The molecule has 1 aliphatic rings. The maximum Gasteiger partial charge on any atom is 0.323 e. The minimum Gasteiger partial charge on any atom is -0.480 e. The first-order valence-electron chi connectivity index (χ1n) is 9.33. The van der Waals surface area contributed by atoms with Crippen molar-refractivity contribution >= 4 is 11.7 Å². The molecule has 6 heteroatoms. The molecule has 1 atom stereocenters. The van der Waals surface area contributed by atoms with Gasteiger partial charge in [-0.25, -0.2) is 4.98 Å². The molecule has 2 N–H and O–H groups in total. The lowest BCUT2D eigenvalue weighted by Gasteiger charge is -2.27. The zero-order valence-electron chi connectivity index (χ0n) is 15.3. The Balaban J connectivity index is 1.72. The lowest BCUT2D eigenvalue weighted by molar-refractivity contribution is -0.137. The number of hydrogen-bond donors (Lipinski definition) is 2. The molecule has 4 rings (SSSR count). The van der Waals surface area contributed by atoms with Crippen LogP contribution >= 0.6 is 0 Å². The molecule has 0 fully saturated rings. The van der Waals surface area contributed by atoms with Crippen LogP contribution in [0.3, 0.4) is 0 Å². The van der Waals surface area contributed by atoms with Crippen molar-refractivity contribution in [1.82, 2.24) is 9.55 Å². The first kappa shape index (κ1) is 18.0. The SMILES string of the molecule is O=C(O)Cn1c(-c2ccccc2)nc2c(c1=O)NC(Cc1ccccc1)CC2. The van der Waals surface area contributed by atoms with Gasteiger partial charge in [-0.15, -0.1) is 0 Å². The number of fused-ring (bicyclic) bond motifs is 1. The highest BCUT2D eigenvalue weighted by molar-refractivity contribution is 5.69. The molecule has 0 spiro atoms. The van der Waals surface area contributed by atoms with Gasteiger partial charge in [0.05, 0.1) is 5.69 Å². The van der Waals surface area contributed by atoms with E-state index in [0.717, 1.165) is 18.4 Å². The summed E-state index contributed by atoms with van der Waals surface area (Å²) in [6.45, 7) is -0.422. The number of anilines is 1. The molecule has 142 valence electrons. The molecule has 0 radical (unpaired) electrons. The van der Waals surface area contributed by atoms with E-state index in [1.807, 2.05) is 48.5 Å². The number of carboxylic acids is 1. The highest BCUT2D eigenvalue weighted by Gasteiger charge is 2.25. The van der Waals surface area contributed by atoms with Gasteiger partial charge in [0.15, 0.2) is 0 Å². The summed E-state index contributed by atoms with van der Waals surface area (Å²) < 4.78 is 1.24. The summed E-state index contributed by atoms with van der Waals surface area (Å²) in [4.78, 5) is 29.2. The van der Waals surface area contributed by atoms with Gasteiger partial charge >= 0.3 is 5.97 Å². The fourth-order valence-corrected chi connectivity index (χ4v) is 3.65. The van der Waals surface area contributed by atoms with Crippen molar-refractivity contribution in [3.63, 3.8) is 0 Å². The van der Waals surface area contributed by atoms with Crippen molar-refractivity contribution in [1.29, 1.82) is 0 Å². The van der Waals surface area contributed by atoms with Crippen molar-refractivity contribution in [3.8, 4) is 11.4 Å². The molecule has 0 saturated carbocycles. The van der Waals surface area contributed by atoms with Gasteiger partial charge in [0.25, 0.3) is 5.56 Å². The lowest BCUT2D eigenvalue weighted by Crippen LogP contribution is -2.37. The van der Waals surface area contributed by atoms with Gasteiger partial charge in [-0.3, -0.25) is 14.2 Å². The average molecular weight is 375 g/mol. The van der Waals surface area contributed by atoms with Crippen LogP contribution in [0.25, 0.3) is 11.4 Å². The first-order chi connectivity index (χ1) is 13.6. The van der Waals surface area contributed by atoms with E-state index in [1.165, 1.54) is 10.1 Å². The van der Waals surface area contributed by atoms with E-state index < -0.39 is 12.5 Å². The fourth-order valence-electron chi connectivity index (χ4n) is 3.65. The van der Waals surface area contributed by atoms with Crippen LogP contribution in [0.2, 0.25) is 0 Å². The van der Waals surface area contributed by atoms with Gasteiger partial charge in [-0.05, 0) is 24.8 Å². The van der Waals surface area contributed by atoms with E-state index in [1.54, 1.807) is 0 Å². The molecule has 1 aromatic heterocycles. The van der Waals surface area contributed by atoms with Gasteiger partial charge in [0.1, 0.15) is 18.1 Å². The van der Waals surface area contributed by atoms with Gasteiger partial charge in [-0.1, -0.05) is 60.7 Å². The van der Waals surface area contributed by atoms with Gasteiger partial charge < -0.3 is 10.4 Å². The number of nitrogens with one attached hydrogen (secondary N) is 1. The monoisotopic (exact) mass is 375 g/mol. The summed E-state index contributed by atoms with van der Waals surface area (Å²) in [5.74, 6) is -0.673. The zero-order chi connectivity index (χ0) is 19.5. The Morgan fingerprint density at radius 3 is 2.46 bits per heavy atom. The van der Waals surface area contributed by atoms with Crippen LogP contribution in [0.4, 0.5) is 5.69 Å². The maximum atomic E-state index is 13.1. The topological polar surface area (TPSA) is 84.2 Å². The smallest absolute Gasteiger partial charge is 0.323 e. The predicted molar refractivity (Wildman–Crippen MR) is 107 cm³/mol. The third-order valence-electron chi connectivity index (χ3n) is 4.97. The van der Waals surface area contributed by atoms with E-state index in [9.17, 15) is 14.7 Å². The summed E-state index contributed by atoms with van der Waals surface area (Å²) in [6, 6.07) is 19.5. The number of aromatic nitrogens is 2. The molecular weight excluding hydrogens is 354 g/mol. The number of benzene rings is 2. The summed E-state index contributed by atoms with van der Waals surface area (Å²) in [6.07, 6.45) is 2.35. The molecule has 0 amide bonds. The van der Waals surface area contributed by atoms with E-state index in [4.69, 9.17) is 0 Å². The van der Waals surface area contributed by atoms with E-state index >= 15 is 0 Å². The Bertz CT molecular complexity index is 1050. The highest BCUT2D eigenvalue weighted by atomic mass is 16.4. The molecule has 0 aliphatic carbocycles. The number of aryl methyl sites for hydroxylation is 1. The highest BCUT2D eigenvalue weighted by Crippen LogP contribution is 2.25. The Morgan fingerprint density at radius 2 is 1.79 bits per heavy atom. The number of rotatable bonds is 5. The largest absolute Gasteiger partial charge is 0.480 e. The Hall–Kier alpha value is -3.41. The lowest BCUT2D eigenvalue weighted by atomic mass is 9.96. The molecule has 1 aliphatic heterocycles. The van der Waals surface area contributed by atoms with Crippen molar-refractivity contribution in [3.05, 3.63) is 82.3 Å². The standard InChI is InChI=1S/C22H21N3O3/c26-19(27)14-25-21(16-9-5-2-6-10-16)24-18-12-11-17(23-20(18)22(25)28)13-15-7-3-1-4-8-15/h1-10,17,23H,11-14H2,(H,26,27). The first-order valence-corrected chi connectivity index (χ1v) is 9.33. The molecule has 0 bridgehead atoms.